The van der Waals surface area contributed by atoms with Crippen LogP contribution in [0.1, 0.15) is 116 Å². The van der Waals surface area contributed by atoms with E-state index in [2.05, 4.69) is 34.6 Å². The van der Waals surface area contributed by atoms with Gasteiger partial charge >= 0.3 is 0 Å². The average Bonchev–Trinajstić information content (AvgIpc) is 3.02. The second-order valence-corrected chi connectivity index (χ2v) is 13.8. The summed E-state index contributed by atoms with van der Waals surface area (Å²) in [5.41, 5.74) is 5.66. The molecule has 0 aliphatic heterocycles. The molecule has 0 heterocycles. The zero-order valence-electron chi connectivity index (χ0n) is 30.5. The fourth-order valence-electron chi connectivity index (χ4n) is 7.70. The Kier molecular flexibility index (Phi) is 17.2. The molecule has 0 aliphatic rings. The molecule has 0 N–H and O–H groups in total. The Bertz CT molecular complexity index is 1160. The first kappa shape index (κ1) is 39.7. The maximum absolute atomic E-state index is 14.0. The Morgan fingerprint density at radius 1 is 0.457 bits per heavy atom. The summed E-state index contributed by atoms with van der Waals surface area (Å²) in [4.78, 5) is 0. The van der Waals surface area contributed by atoms with Crippen LogP contribution in [-0.4, -0.2) is 36.8 Å². The number of unbranched alkanes of at least 4 members (excludes halogenated alkanes) is 5. The van der Waals surface area contributed by atoms with E-state index in [0.29, 0.717) is 0 Å². The molecule has 0 aromatic heterocycles. The van der Waals surface area contributed by atoms with Crippen molar-refractivity contribution in [2.45, 2.75) is 126 Å². The third-order valence-electron chi connectivity index (χ3n) is 10.2. The lowest BCUT2D eigenvalue weighted by atomic mass is 9.13. The van der Waals surface area contributed by atoms with Crippen molar-refractivity contribution in [2.24, 2.45) is 0 Å². The van der Waals surface area contributed by atoms with Gasteiger partial charge in [-0.2, -0.15) is 22.7 Å². The highest BCUT2D eigenvalue weighted by Crippen LogP contribution is 2.22. The van der Waals surface area contributed by atoms with Gasteiger partial charge in [0.15, 0.2) is 0 Å². The van der Waals surface area contributed by atoms with Gasteiger partial charge in [0.1, 0.15) is 17.5 Å². The monoisotopic (exact) mass is 638 g/mol. The molecule has 0 radical (unpaired) electrons. The van der Waals surface area contributed by atoms with Gasteiger partial charge in [-0.15, -0.1) is 0 Å². The molecular formula is C41H63BF3N. The maximum Gasteiger partial charge on any atom is 0.123 e. The summed E-state index contributed by atoms with van der Waals surface area (Å²) >= 11 is 0. The highest BCUT2D eigenvalue weighted by Gasteiger charge is 2.33. The van der Waals surface area contributed by atoms with Crippen LogP contribution < -0.4 is 16.4 Å². The highest BCUT2D eigenvalue weighted by atomic mass is 19.1. The molecule has 0 fully saturated rings. The lowest BCUT2D eigenvalue weighted by Crippen LogP contribution is -2.69. The van der Waals surface area contributed by atoms with Crippen molar-refractivity contribution in [1.29, 1.82) is 0 Å². The quantitative estimate of drug-likeness (QED) is 0.0962. The topological polar surface area (TPSA) is 0 Å². The molecule has 0 atom stereocenters. The first-order chi connectivity index (χ1) is 22.0. The molecule has 0 unspecified atom stereocenters. The summed E-state index contributed by atoms with van der Waals surface area (Å²) in [7, 11) is 0. The van der Waals surface area contributed by atoms with Crippen molar-refractivity contribution < 1.29 is 17.7 Å². The fraction of sp³-hybridized carbons (Fsp3) is 0.561. The summed E-state index contributed by atoms with van der Waals surface area (Å²) in [5.74, 6) is -0.839. The number of rotatable bonds is 18. The summed E-state index contributed by atoms with van der Waals surface area (Å²) in [6.07, 6.45) is 12.3. The normalized spacial score (nSPS) is 11.8. The zero-order chi connectivity index (χ0) is 34.2. The van der Waals surface area contributed by atoms with Crippen molar-refractivity contribution in [3.8, 4) is 0 Å². The van der Waals surface area contributed by atoms with E-state index < -0.39 is 6.15 Å². The molecule has 256 valence electrons. The van der Waals surface area contributed by atoms with E-state index in [4.69, 9.17) is 0 Å². The molecular weight excluding hydrogens is 574 g/mol. The number of aryl methyl sites for hydroxylation is 3. The van der Waals surface area contributed by atoms with Gasteiger partial charge in [0.05, 0.1) is 32.3 Å². The SMILES string of the molecule is CCCC[B-](c1ccc(F)cc1C)(c1ccc(F)cc1C)c1ccc(F)cc1C.CCCC[N+](CCCC)(CCCC)CCCC. The van der Waals surface area contributed by atoms with Gasteiger partial charge in [0.2, 0.25) is 0 Å². The summed E-state index contributed by atoms with van der Waals surface area (Å²) in [6, 6.07) is 14.7. The van der Waals surface area contributed by atoms with E-state index in [1.54, 1.807) is 18.2 Å². The lowest BCUT2D eigenvalue weighted by Gasteiger charge is -2.46. The summed E-state index contributed by atoms with van der Waals surface area (Å²) < 4.78 is 43.3. The van der Waals surface area contributed by atoms with Gasteiger partial charge in [0.25, 0.3) is 0 Å². The molecule has 3 rings (SSSR count). The Hall–Kier alpha value is -2.53. The van der Waals surface area contributed by atoms with Crippen LogP contribution in [-0.2, 0) is 0 Å². The molecule has 0 saturated heterocycles. The maximum atomic E-state index is 14.0. The van der Waals surface area contributed by atoms with Crippen molar-refractivity contribution in [1.82, 2.24) is 0 Å². The highest BCUT2D eigenvalue weighted by molar-refractivity contribution is 7.12. The number of quaternary nitrogens is 1. The molecule has 0 spiro atoms. The zero-order valence-corrected chi connectivity index (χ0v) is 30.5. The van der Waals surface area contributed by atoms with E-state index in [0.717, 1.165) is 52.2 Å². The van der Waals surface area contributed by atoms with Crippen molar-refractivity contribution >= 4 is 22.5 Å². The van der Waals surface area contributed by atoms with Crippen molar-refractivity contribution in [3.05, 3.63) is 88.7 Å². The molecule has 0 bridgehead atoms. The third-order valence-corrected chi connectivity index (χ3v) is 10.2. The van der Waals surface area contributed by atoms with Gasteiger partial charge in [-0.25, -0.2) is 13.2 Å². The van der Waals surface area contributed by atoms with Crippen LogP contribution in [0.3, 0.4) is 0 Å². The largest absolute Gasteiger partial charge is 0.324 e. The van der Waals surface area contributed by atoms with Crippen molar-refractivity contribution in [2.75, 3.05) is 26.2 Å². The van der Waals surface area contributed by atoms with E-state index in [9.17, 15) is 13.2 Å². The minimum Gasteiger partial charge on any atom is -0.324 e. The number of benzene rings is 3. The van der Waals surface area contributed by atoms with Gasteiger partial charge in [-0.05, 0) is 82.9 Å². The Morgan fingerprint density at radius 3 is 0.978 bits per heavy atom. The van der Waals surface area contributed by atoms with Crippen LogP contribution in [0, 0.1) is 38.2 Å². The molecule has 1 nitrogen and oxygen atoms in total. The number of hydrogen-bond donors (Lipinski definition) is 0. The molecule has 46 heavy (non-hydrogen) atoms. The van der Waals surface area contributed by atoms with Crippen LogP contribution in [0.5, 0.6) is 0 Å². The Labute approximate surface area is 280 Å². The Balaban J connectivity index is 0.000000372. The first-order valence-corrected chi connectivity index (χ1v) is 18.4. The summed E-state index contributed by atoms with van der Waals surface area (Å²) in [5, 5.41) is 0. The number of halogens is 3. The van der Waals surface area contributed by atoms with Crippen LogP contribution in [0.4, 0.5) is 13.2 Å². The molecule has 0 aliphatic carbocycles. The van der Waals surface area contributed by atoms with E-state index in [1.807, 2.05) is 39.0 Å². The van der Waals surface area contributed by atoms with Crippen LogP contribution >= 0.6 is 0 Å². The molecule has 3 aromatic rings. The van der Waals surface area contributed by atoms with E-state index in [1.165, 1.54) is 100 Å². The van der Waals surface area contributed by atoms with Gasteiger partial charge in [-0.1, -0.05) is 108 Å². The fourth-order valence-corrected chi connectivity index (χ4v) is 7.70. The molecule has 5 heteroatoms. The molecule has 0 saturated carbocycles. The predicted octanol–water partition coefficient (Wildman–Crippen LogP) is 10.3. The van der Waals surface area contributed by atoms with Crippen LogP contribution in [0.2, 0.25) is 6.32 Å². The van der Waals surface area contributed by atoms with Gasteiger partial charge in [-0.3, -0.25) is 0 Å². The smallest absolute Gasteiger partial charge is 0.123 e. The molecule has 3 aromatic carbocycles. The predicted molar refractivity (Wildman–Crippen MR) is 197 cm³/mol. The third kappa shape index (κ3) is 10.8. The van der Waals surface area contributed by atoms with Gasteiger partial charge < -0.3 is 4.48 Å². The first-order valence-electron chi connectivity index (χ1n) is 18.4. The summed E-state index contributed by atoms with van der Waals surface area (Å²) in [6.45, 7) is 22.9. The number of hydrogen-bond acceptors (Lipinski definition) is 0. The van der Waals surface area contributed by atoms with Crippen LogP contribution in [0.15, 0.2) is 54.6 Å². The minimum absolute atomic E-state index is 0.280. The lowest BCUT2D eigenvalue weighted by molar-refractivity contribution is -0.929. The number of nitrogens with zero attached hydrogens (tertiary/aromatic N) is 1. The second kappa shape index (κ2) is 20.0. The second-order valence-electron chi connectivity index (χ2n) is 13.8. The average molecular weight is 638 g/mol. The molecule has 0 amide bonds. The van der Waals surface area contributed by atoms with Crippen LogP contribution in [0.25, 0.3) is 0 Å². The van der Waals surface area contributed by atoms with Gasteiger partial charge in [0, 0.05) is 0 Å². The Morgan fingerprint density at radius 2 is 0.739 bits per heavy atom. The van der Waals surface area contributed by atoms with E-state index in [-0.39, 0.29) is 17.5 Å². The standard InChI is InChI=1S/C25H27BF3.C16H36N/c1-5-6-13-26(23-10-7-20(27)14-17(23)2,24-11-8-21(28)15-18(24)3)25-12-9-22(29)16-19(25)4;1-5-9-13-17(14-10-6-2,15-11-7-3)16-12-8-4/h7-12,14-16H,5-6,13H2,1-4H3;5-16H2,1-4H3/q-1;+1. The minimum atomic E-state index is -1.53. The van der Waals surface area contributed by atoms with Crippen molar-refractivity contribution in [3.63, 3.8) is 0 Å². The van der Waals surface area contributed by atoms with E-state index >= 15 is 0 Å².